The van der Waals surface area contributed by atoms with E-state index < -0.39 is 0 Å². The van der Waals surface area contributed by atoms with Gasteiger partial charge in [-0.05, 0) is 134 Å². The highest BCUT2D eigenvalue weighted by molar-refractivity contribution is 6.14. The van der Waals surface area contributed by atoms with Gasteiger partial charge in [-0.15, -0.1) is 0 Å². The summed E-state index contributed by atoms with van der Waals surface area (Å²) in [5.74, 6) is 0.975. The minimum Gasteiger partial charge on any atom is -0.508 e. The maximum absolute atomic E-state index is 16.1. The molecular formula is C60H68N8O6. The predicted octanol–water partition coefficient (Wildman–Crippen LogP) is 8.28. The molecule has 14 nitrogen and oxygen atoms in total. The van der Waals surface area contributed by atoms with E-state index in [4.69, 9.17) is 9.47 Å². The lowest BCUT2D eigenvalue weighted by Gasteiger charge is -2.42. The molecule has 0 spiro atoms. The standard InChI is InChI=1S/C60H68N8O6/c1-39-9-8-21-66(35-39)38-49-30-43-10-6-7-11-45(43)37-68(49)60(72)54-32-46-36-67(55(70)29-42-12-18-51(19-13-42)74-28-25-65-23-26-73-27-24-65)22-20-44(46)31-53(54)58-57(52-33-48(34-61)63(4)40(52)2)56(41(3)64(58)5)59(71)62-47-14-16-50(69)17-15-47/h6-7,10-19,31-33,39,49,69H,8-9,20-30,35-38H2,1-5H3,(H,62,71)/t39-,49-/m0/s1. The maximum atomic E-state index is 16.1. The zero-order chi connectivity index (χ0) is 51.6. The third kappa shape index (κ3) is 10.5. The molecule has 2 aromatic heterocycles. The summed E-state index contributed by atoms with van der Waals surface area (Å²) < 4.78 is 15.4. The number of likely N-dealkylation sites (tertiary alicyclic amines) is 1. The first-order chi connectivity index (χ1) is 35.8. The van der Waals surface area contributed by atoms with Gasteiger partial charge in [-0.2, -0.15) is 5.26 Å². The Kier molecular flexibility index (Phi) is 14.8. The van der Waals surface area contributed by atoms with Crippen LogP contribution in [0.25, 0.3) is 22.4 Å². The summed E-state index contributed by atoms with van der Waals surface area (Å²) in [6.45, 7) is 14.9. The van der Waals surface area contributed by atoms with Gasteiger partial charge >= 0.3 is 0 Å². The van der Waals surface area contributed by atoms with Crippen LogP contribution < -0.4 is 10.1 Å². The lowest BCUT2D eigenvalue weighted by Crippen LogP contribution is -2.51. The number of phenolic OH excluding ortho intramolecular Hbond substituents is 1. The summed E-state index contributed by atoms with van der Waals surface area (Å²) in [7, 11) is 3.78. The van der Waals surface area contributed by atoms with Crippen LogP contribution in [-0.2, 0) is 56.0 Å². The van der Waals surface area contributed by atoms with Crippen LogP contribution in [0.1, 0.15) is 85.4 Å². The molecule has 384 valence electrons. The van der Waals surface area contributed by atoms with E-state index in [0.717, 1.165) is 99.0 Å². The number of carbonyl (C=O) groups excluding carboxylic acids is 3. The predicted molar refractivity (Wildman–Crippen MR) is 286 cm³/mol. The molecule has 10 rings (SSSR count). The normalized spacial score (nSPS) is 18.1. The van der Waals surface area contributed by atoms with Gasteiger partial charge in [0.15, 0.2) is 0 Å². The number of rotatable bonds is 13. The summed E-state index contributed by atoms with van der Waals surface area (Å²) in [6.07, 6.45) is 3.86. The van der Waals surface area contributed by atoms with Crippen molar-refractivity contribution in [3.8, 4) is 40.0 Å². The van der Waals surface area contributed by atoms with Gasteiger partial charge in [0, 0.05) is 112 Å². The van der Waals surface area contributed by atoms with Crippen LogP contribution in [0.3, 0.4) is 0 Å². The molecule has 2 fully saturated rings. The molecule has 6 aromatic rings. The molecular weight excluding hydrogens is 929 g/mol. The number of amides is 3. The van der Waals surface area contributed by atoms with Crippen molar-refractivity contribution in [3.05, 3.63) is 147 Å². The van der Waals surface area contributed by atoms with E-state index in [1.807, 2.05) is 84.4 Å². The highest BCUT2D eigenvalue weighted by atomic mass is 16.5. The number of nitrogens with zero attached hydrogens (tertiary/aromatic N) is 7. The Hall–Kier alpha value is -7.18. The van der Waals surface area contributed by atoms with Crippen molar-refractivity contribution in [1.82, 2.24) is 28.7 Å². The van der Waals surface area contributed by atoms with Gasteiger partial charge in [0.25, 0.3) is 11.8 Å². The molecule has 6 heterocycles. The quantitative estimate of drug-likeness (QED) is 0.109. The fraction of sp³-hybridized carbons (Fsp3) is 0.400. The van der Waals surface area contributed by atoms with Crippen molar-refractivity contribution in [2.45, 2.75) is 72.0 Å². The number of ether oxygens (including phenoxy) is 2. The summed E-state index contributed by atoms with van der Waals surface area (Å²) in [5, 5.41) is 23.4. The minimum absolute atomic E-state index is 0.00882. The Balaban J connectivity index is 1.04. The molecule has 0 unspecified atom stereocenters. The third-order valence-corrected chi connectivity index (χ3v) is 16.0. The number of aromatic nitrogens is 2. The van der Waals surface area contributed by atoms with E-state index in [1.54, 1.807) is 12.1 Å². The molecule has 0 aliphatic carbocycles. The zero-order valence-electron chi connectivity index (χ0n) is 43.5. The number of carbonyl (C=O) groups is 3. The van der Waals surface area contributed by atoms with E-state index in [2.05, 4.69) is 57.3 Å². The van der Waals surface area contributed by atoms with E-state index >= 15 is 4.79 Å². The largest absolute Gasteiger partial charge is 0.508 e. The monoisotopic (exact) mass is 997 g/mol. The summed E-state index contributed by atoms with van der Waals surface area (Å²) in [5.41, 5.74) is 11.3. The smallest absolute Gasteiger partial charge is 0.258 e. The minimum atomic E-state index is -0.360. The van der Waals surface area contributed by atoms with E-state index in [-0.39, 0.29) is 35.9 Å². The highest BCUT2D eigenvalue weighted by Gasteiger charge is 2.37. The molecule has 0 radical (unpaired) electrons. The van der Waals surface area contributed by atoms with Gasteiger partial charge in [-0.1, -0.05) is 43.3 Å². The number of piperidine rings is 1. The molecule has 4 aliphatic rings. The molecule has 2 saturated heterocycles. The Bertz CT molecular complexity index is 3110. The highest BCUT2D eigenvalue weighted by Crippen LogP contribution is 2.44. The zero-order valence-corrected chi connectivity index (χ0v) is 43.5. The summed E-state index contributed by atoms with van der Waals surface area (Å²) in [6, 6.07) is 30.8. The van der Waals surface area contributed by atoms with Gasteiger partial charge in [0.1, 0.15) is 29.9 Å². The second-order valence-electron chi connectivity index (χ2n) is 20.9. The topological polar surface area (TPSA) is 149 Å². The van der Waals surface area contributed by atoms with Crippen molar-refractivity contribution in [1.29, 1.82) is 5.26 Å². The van der Waals surface area contributed by atoms with Crippen LogP contribution >= 0.6 is 0 Å². The Labute approximate surface area is 434 Å². The van der Waals surface area contributed by atoms with Gasteiger partial charge in [0.2, 0.25) is 5.91 Å². The number of hydrogen-bond acceptors (Lipinski definition) is 9. The van der Waals surface area contributed by atoms with Crippen LogP contribution in [0.5, 0.6) is 11.5 Å². The van der Waals surface area contributed by atoms with Crippen LogP contribution in [0, 0.1) is 31.1 Å². The first-order valence-corrected chi connectivity index (χ1v) is 26.3. The van der Waals surface area contributed by atoms with E-state index in [9.17, 15) is 20.0 Å². The average Bonchev–Trinajstić information content (AvgIpc) is 3.85. The Morgan fingerprint density at radius 2 is 1.58 bits per heavy atom. The fourth-order valence-corrected chi connectivity index (χ4v) is 11.7. The van der Waals surface area contributed by atoms with Crippen molar-refractivity contribution >= 4 is 23.4 Å². The van der Waals surface area contributed by atoms with Gasteiger partial charge < -0.3 is 43.7 Å². The van der Waals surface area contributed by atoms with E-state index in [1.165, 1.54) is 24.1 Å². The van der Waals surface area contributed by atoms with Crippen LogP contribution in [0.4, 0.5) is 5.69 Å². The van der Waals surface area contributed by atoms with Crippen LogP contribution in [0.15, 0.2) is 91.0 Å². The number of hydrogen-bond donors (Lipinski definition) is 2. The molecule has 74 heavy (non-hydrogen) atoms. The lowest BCUT2D eigenvalue weighted by atomic mass is 9.87. The molecule has 0 saturated carbocycles. The first kappa shape index (κ1) is 50.4. The van der Waals surface area contributed by atoms with Gasteiger partial charge in [-0.25, -0.2) is 0 Å². The van der Waals surface area contributed by atoms with Crippen molar-refractivity contribution in [3.63, 3.8) is 0 Å². The number of benzene rings is 4. The lowest BCUT2D eigenvalue weighted by molar-refractivity contribution is -0.131. The molecule has 3 amide bonds. The number of aromatic hydroxyl groups is 1. The fourth-order valence-electron chi connectivity index (χ4n) is 11.7. The number of nitriles is 1. The molecule has 14 heteroatoms. The van der Waals surface area contributed by atoms with Gasteiger partial charge in [0.05, 0.1) is 30.9 Å². The molecule has 2 atom stereocenters. The number of fused-ring (bicyclic) bond motifs is 2. The molecule has 2 N–H and O–H groups in total. The second-order valence-corrected chi connectivity index (χ2v) is 20.9. The summed E-state index contributed by atoms with van der Waals surface area (Å²) >= 11 is 0. The van der Waals surface area contributed by atoms with Crippen molar-refractivity contribution in [2.75, 3.05) is 71.0 Å². The van der Waals surface area contributed by atoms with Crippen molar-refractivity contribution < 1.29 is 29.0 Å². The average molecular weight is 997 g/mol. The molecule has 0 bridgehead atoms. The summed E-state index contributed by atoms with van der Waals surface area (Å²) in [4.78, 5) is 54.0. The Morgan fingerprint density at radius 3 is 2.31 bits per heavy atom. The Morgan fingerprint density at radius 1 is 0.824 bits per heavy atom. The maximum Gasteiger partial charge on any atom is 0.258 e. The molecule has 4 aliphatic heterocycles. The van der Waals surface area contributed by atoms with Crippen LogP contribution in [0.2, 0.25) is 0 Å². The molecule has 4 aromatic carbocycles. The first-order valence-electron chi connectivity index (χ1n) is 26.3. The number of morpholine rings is 1. The van der Waals surface area contributed by atoms with Crippen LogP contribution in [-0.4, -0.2) is 123 Å². The SMILES string of the molecule is Cc1c(-c2c(C(=O)Nc3ccc(O)cc3)c(C)n(C)c2-c2cc3c(cc2C(=O)N2Cc4ccccc4C[C@H]2CN2CCC[C@H](C)C2)CN(C(=O)Cc2ccc(OCCN4CCOCC4)cc2)CC3)cc(C#N)n1C. The van der Waals surface area contributed by atoms with E-state index in [0.29, 0.717) is 89.2 Å². The third-order valence-electron chi connectivity index (χ3n) is 16.0. The van der Waals surface area contributed by atoms with Gasteiger partial charge in [-0.3, -0.25) is 19.3 Å². The number of phenols is 1. The second kappa shape index (κ2) is 21.7. The van der Waals surface area contributed by atoms with Crippen molar-refractivity contribution in [2.24, 2.45) is 20.0 Å². The number of nitrogens with one attached hydrogen (secondary N) is 1. The number of anilines is 1.